The van der Waals surface area contributed by atoms with Crippen molar-refractivity contribution in [2.24, 2.45) is 0 Å². The standard InChI is InChI=1S/C13H12Cl2N2O3/c1-3-5-8(4-2)16-13(18)10-6-9(17(19)20)7-11(14)12(10)15/h1,6-8H,4-5H2,2H3,(H,16,18). The predicted octanol–water partition coefficient (Wildman–Crippen LogP) is 3.43. The average Bonchev–Trinajstić information content (AvgIpc) is 2.40. The van der Waals surface area contributed by atoms with E-state index in [1.54, 1.807) is 0 Å². The maximum Gasteiger partial charge on any atom is 0.271 e. The Morgan fingerprint density at radius 3 is 2.70 bits per heavy atom. The summed E-state index contributed by atoms with van der Waals surface area (Å²) in [5.74, 6) is 1.91. The summed E-state index contributed by atoms with van der Waals surface area (Å²) >= 11 is 11.7. The van der Waals surface area contributed by atoms with E-state index < -0.39 is 10.8 Å². The lowest BCUT2D eigenvalue weighted by Crippen LogP contribution is -2.34. The average molecular weight is 315 g/mol. The van der Waals surface area contributed by atoms with Crippen LogP contribution in [0.3, 0.4) is 0 Å². The van der Waals surface area contributed by atoms with Gasteiger partial charge in [-0.2, -0.15) is 0 Å². The highest BCUT2D eigenvalue weighted by molar-refractivity contribution is 6.44. The van der Waals surface area contributed by atoms with Crippen molar-refractivity contribution in [3.63, 3.8) is 0 Å². The van der Waals surface area contributed by atoms with E-state index in [-0.39, 0.29) is 27.3 Å². The molecule has 7 heteroatoms. The summed E-state index contributed by atoms with van der Waals surface area (Å²) in [4.78, 5) is 22.2. The van der Waals surface area contributed by atoms with Crippen molar-refractivity contribution in [1.29, 1.82) is 0 Å². The first-order valence-corrected chi connectivity index (χ1v) is 6.54. The van der Waals surface area contributed by atoms with Gasteiger partial charge in [0.05, 0.1) is 20.5 Å². The molecule has 0 radical (unpaired) electrons. The lowest BCUT2D eigenvalue weighted by molar-refractivity contribution is -0.384. The number of amides is 1. The zero-order chi connectivity index (χ0) is 15.3. The maximum atomic E-state index is 12.1. The van der Waals surface area contributed by atoms with Crippen LogP contribution in [0.5, 0.6) is 0 Å². The van der Waals surface area contributed by atoms with E-state index in [4.69, 9.17) is 29.6 Å². The van der Waals surface area contributed by atoms with Crippen LogP contribution in [0.2, 0.25) is 10.0 Å². The molecule has 0 aliphatic heterocycles. The molecular weight excluding hydrogens is 303 g/mol. The first-order valence-electron chi connectivity index (χ1n) is 5.78. The molecule has 5 nitrogen and oxygen atoms in total. The molecule has 106 valence electrons. The van der Waals surface area contributed by atoms with Crippen LogP contribution in [0, 0.1) is 22.5 Å². The molecule has 1 aromatic carbocycles. The Kier molecular flexibility index (Phi) is 5.81. The van der Waals surface area contributed by atoms with Crippen molar-refractivity contribution in [2.75, 3.05) is 0 Å². The Balaban J connectivity index is 3.09. The first kappa shape index (κ1) is 16.3. The number of non-ortho nitro benzene ring substituents is 1. The molecule has 1 rings (SSSR count). The highest BCUT2D eigenvalue weighted by Gasteiger charge is 2.20. The Morgan fingerprint density at radius 2 is 2.20 bits per heavy atom. The van der Waals surface area contributed by atoms with Gasteiger partial charge >= 0.3 is 0 Å². The molecular formula is C13H12Cl2N2O3. The van der Waals surface area contributed by atoms with Crippen molar-refractivity contribution >= 4 is 34.8 Å². The number of carbonyl (C=O) groups excluding carboxylic acids is 1. The molecule has 1 aromatic rings. The molecule has 0 aliphatic carbocycles. The highest BCUT2D eigenvalue weighted by Crippen LogP contribution is 2.30. The lowest BCUT2D eigenvalue weighted by Gasteiger charge is -2.15. The van der Waals surface area contributed by atoms with E-state index >= 15 is 0 Å². The van der Waals surface area contributed by atoms with Crippen molar-refractivity contribution in [2.45, 2.75) is 25.8 Å². The Morgan fingerprint density at radius 1 is 1.55 bits per heavy atom. The topological polar surface area (TPSA) is 72.2 Å². The van der Waals surface area contributed by atoms with E-state index in [1.807, 2.05) is 6.92 Å². The fourth-order valence-electron chi connectivity index (χ4n) is 1.55. The lowest BCUT2D eigenvalue weighted by atomic mass is 10.1. The molecule has 0 bridgehead atoms. The van der Waals surface area contributed by atoms with E-state index in [0.29, 0.717) is 12.8 Å². The van der Waals surface area contributed by atoms with Crippen LogP contribution < -0.4 is 5.32 Å². The van der Waals surface area contributed by atoms with Crippen LogP contribution >= 0.6 is 23.2 Å². The number of terminal acetylenes is 1. The molecule has 20 heavy (non-hydrogen) atoms. The minimum atomic E-state index is -0.641. The molecule has 1 amide bonds. The zero-order valence-electron chi connectivity index (χ0n) is 10.7. The van der Waals surface area contributed by atoms with Gasteiger partial charge in [-0.3, -0.25) is 14.9 Å². The summed E-state index contributed by atoms with van der Waals surface area (Å²) in [7, 11) is 0. The number of rotatable bonds is 5. The third-order valence-electron chi connectivity index (χ3n) is 2.66. The Labute approximate surface area is 126 Å². The van der Waals surface area contributed by atoms with E-state index in [0.717, 1.165) is 12.1 Å². The highest BCUT2D eigenvalue weighted by atomic mass is 35.5. The van der Waals surface area contributed by atoms with Crippen molar-refractivity contribution in [3.8, 4) is 12.3 Å². The molecule has 1 atom stereocenters. The van der Waals surface area contributed by atoms with Crippen LogP contribution in [-0.2, 0) is 0 Å². The Hall–Kier alpha value is -1.77. The molecule has 1 unspecified atom stereocenters. The van der Waals surface area contributed by atoms with Crippen LogP contribution in [0.1, 0.15) is 30.1 Å². The number of nitro benzene ring substituents is 1. The second kappa shape index (κ2) is 7.13. The van der Waals surface area contributed by atoms with E-state index in [9.17, 15) is 14.9 Å². The monoisotopic (exact) mass is 314 g/mol. The smallest absolute Gasteiger partial charge is 0.271 e. The molecule has 0 saturated heterocycles. The van der Waals surface area contributed by atoms with Gasteiger partial charge in [0.15, 0.2) is 0 Å². The molecule has 0 aromatic heterocycles. The van der Waals surface area contributed by atoms with Gasteiger partial charge in [-0.1, -0.05) is 30.1 Å². The fraction of sp³-hybridized carbons (Fsp3) is 0.308. The molecule has 0 saturated carbocycles. The maximum absolute atomic E-state index is 12.1. The number of benzene rings is 1. The number of hydrogen-bond donors (Lipinski definition) is 1. The fourth-order valence-corrected chi connectivity index (χ4v) is 1.96. The first-order chi connectivity index (χ1) is 9.40. The minimum absolute atomic E-state index is 0.0228. The number of halogens is 2. The van der Waals surface area contributed by atoms with Crippen LogP contribution in [0.15, 0.2) is 12.1 Å². The molecule has 0 fully saturated rings. The molecule has 0 spiro atoms. The van der Waals surface area contributed by atoms with E-state index in [1.165, 1.54) is 0 Å². The summed E-state index contributed by atoms with van der Waals surface area (Å²) in [6.45, 7) is 1.87. The number of nitro groups is 1. The van der Waals surface area contributed by atoms with Gasteiger partial charge < -0.3 is 5.32 Å². The largest absolute Gasteiger partial charge is 0.348 e. The van der Waals surface area contributed by atoms with Gasteiger partial charge in [0.2, 0.25) is 0 Å². The number of nitrogens with one attached hydrogen (secondary N) is 1. The third kappa shape index (κ3) is 3.86. The van der Waals surface area contributed by atoms with Crippen molar-refractivity contribution < 1.29 is 9.72 Å². The van der Waals surface area contributed by atoms with E-state index in [2.05, 4.69) is 11.2 Å². The zero-order valence-corrected chi connectivity index (χ0v) is 12.2. The number of hydrogen-bond acceptors (Lipinski definition) is 3. The minimum Gasteiger partial charge on any atom is -0.348 e. The SMILES string of the molecule is C#CCC(CC)NC(=O)c1cc([N+](=O)[O-])cc(Cl)c1Cl. The summed E-state index contributed by atoms with van der Waals surface area (Å²) in [6.07, 6.45) is 6.20. The summed E-state index contributed by atoms with van der Waals surface area (Å²) in [5, 5.41) is 13.4. The van der Waals surface area contributed by atoms with Gasteiger partial charge in [0.25, 0.3) is 11.6 Å². The van der Waals surface area contributed by atoms with Crippen molar-refractivity contribution in [3.05, 3.63) is 37.9 Å². The summed E-state index contributed by atoms with van der Waals surface area (Å²) < 4.78 is 0. The second-order valence-electron chi connectivity index (χ2n) is 4.03. The molecule has 0 heterocycles. The van der Waals surface area contributed by atoms with Gasteiger partial charge in [0.1, 0.15) is 0 Å². The van der Waals surface area contributed by atoms with Crippen LogP contribution in [-0.4, -0.2) is 16.9 Å². The van der Waals surface area contributed by atoms with Gasteiger partial charge in [-0.25, -0.2) is 0 Å². The summed E-state index contributed by atoms with van der Waals surface area (Å²) in [6, 6.07) is 1.97. The van der Waals surface area contributed by atoms with Gasteiger partial charge in [0, 0.05) is 24.6 Å². The quantitative estimate of drug-likeness (QED) is 0.514. The predicted molar refractivity (Wildman–Crippen MR) is 78.1 cm³/mol. The number of nitrogens with zero attached hydrogens (tertiary/aromatic N) is 1. The summed E-state index contributed by atoms with van der Waals surface area (Å²) in [5.41, 5.74) is -0.337. The molecule has 1 N–H and O–H groups in total. The van der Waals surface area contributed by atoms with Crippen LogP contribution in [0.4, 0.5) is 5.69 Å². The third-order valence-corrected chi connectivity index (χ3v) is 3.46. The second-order valence-corrected chi connectivity index (χ2v) is 4.82. The normalized spacial score (nSPS) is 11.5. The van der Waals surface area contributed by atoms with Gasteiger partial charge in [-0.05, 0) is 6.42 Å². The van der Waals surface area contributed by atoms with Gasteiger partial charge in [-0.15, -0.1) is 12.3 Å². The molecule has 0 aliphatic rings. The Bertz CT molecular complexity index is 582. The number of carbonyl (C=O) groups is 1. The van der Waals surface area contributed by atoms with Crippen LogP contribution in [0.25, 0.3) is 0 Å². The van der Waals surface area contributed by atoms with Crippen molar-refractivity contribution in [1.82, 2.24) is 5.32 Å².